The average molecular weight is 523 g/mol. The molecule has 6 aliphatic rings. The fourth-order valence-corrected chi connectivity index (χ4v) is 8.31. The number of amidine groups is 2. The van der Waals surface area contributed by atoms with E-state index in [0.29, 0.717) is 0 Å². The van der Waals surface area contributed by atoms with Gasteiger partial charge in [-0.2, -0.15) is 0 Å². The highest BCUT2D eigenvalue weighted by molar-refractivity contribution is 6.28. The number of rotatable bonds is 0. The van der Waals surface area contributed by atoms with Crippen LogP contribution < -0.4 is 10.8 Å². The molecule has 6 aliphatic heterocycles. The van der Waals surface area contributed by atoms with Crippen LogP contribution in [0, 0.1) is 0 Å². The number of hydrogen-bond acceptors (Lipinski definition) is 2. The fraction of sp³-hybridized carbons (Fsp3) is 0.0286. The Bertz CT molecular complexity index is 2460. The summed E-state index contributed by atoms with van der Waals surface area (Å²) >= 11 is 0. The summed E-state index contributed by atoms with van der Waals surface area (Å²) in [4.78, 5) is 11.0. The summed E-state index contributed by atoms with van der Waals surface area (Å²) in [6, 6.07) is 34.9. The molecule has 0 N–H and O–H groups in total. The number of benzene rings is 4. The van der Waals surface area contributed by atoms with E-state index in [1.54, 1.807) is 0 Å². The number of hydrogen-bond donors (Lipinski definition) is 0. The van der Waals surface area contributed by atoms with E-state index in [1.165, 1.54) is 66.3 Å². The summed E-state index contributed by atoms with van der Waals surface area (Å²) in [7, 11) is 0. The molecule has 1 spiro atoms. The second kappa shape index (κ2) is 5.93. The van der Waals surface area contributed by atoms with Crippen molar-refractivity contribution in [1.82, 2.24) is 9.13 Å². The monoisotopic (exact) mass is 522 g/mol. The van der Waals surface area contributed by atoms with Crippen LogP contribution in [-0.2, 0) is 5.91 Å². The number of nitrogens with zero attached hydrogens (tertiary/aromatic N) is 6. The minimum absolute atomic E-state index is 0.798. The number of fused-ring (bicyclic) bond motifs is 12. The summed E-state index contributed by atoms with van der Waals surface area (Å²) in [5.41, 5.74) is 9.28. The SMILES string of the molecule is C1=C2c3ccccc3C3=[N+]2C24n5c1c1ccccc1c5N=C1c5ccccc5C(=[N+]12)C=c1c2ccccc2c(n14)=N3. The van der Waals surface area contributed by atoms with Crippen molar-refractivity contribution in [2.75, 3.05) is 0 Å². The lowest BCUT2D eigenvalue weighted by atomic mass is 10.0. The molecular formula is C35H18N6+2. The molecule has 41 heavy (non-hydrogen) atoms. The van der Waals surface area contributed by atoms with Crippen molar-refractivity contribution in [1.29, 1.82) is 0 Å². The molecule has 0 radical (unpaired) electrons. The van der Waals surface area contributed by atoms with Gasteiger partial charge in [0.25, 0.3) is 11.3 Å². The van der Waals surface area contributed by atoms with Crippen molar-refractivity contribution in [2.45, 2.75) is 5.91 Å². The van der Waals surface area contributed by atoms with Crippen LogP contribution in [0.4, 0.5) is 5.82 Å². The first-order valence-corrected chi connectivity index (χ1v) is 14.0. The van der Waals surface area contributed by atoms with Gasteiger partial charge in [0.15, 0.2) is 0 Å². The van der Waals surface area contributed by atoms with Crippen LogP contribution in [0.25, 0.3) is 39.4 Å². The quantitative estimate of drug-likeness (QED) is 0.267. The van der Waals surface area contributed by atoms with E-state index >= 15 is 0 Å². The largest absolute Gasteiger partial charge is 0.441 e. The lowest BCUT2D eigenvalue weighted by Crippen LogP contribution is -2.70. The molecule has 0 aliphatic carbocycles. The normalized spacial score (nSPS) is 20.8. The fourth-order valence-electron chi connectivity index (χ4n) is 8.31. The molecule has 2 aromatic heterocycles. The van der Waals surface area contributed by atoms with Gasteiger partial charge in [0.1, 0.15) is 11.4 Å². The van der Waals surface area contributed by atoms with Gasteiger partial charge in [0.05, 0.1) is 32.9 Å². The molecule has 6 heteroatoms. The van der Waals surface area contributed by atoms with Gasteiger partial charge >= 0.3 is 17.6 Å². The van der Waals surface area contributed by atoms with E-state index in [-0.39, 0.29) is 0 Å². The highest BCUT2D eigenvalue weighted by Gasteiger charge is 2.69. The second-order valence-electron chi connectivity index (χ2n) is 11.5. The standard InChI is InChI=1S/C35H18N6/c1-5-13-23-19(9-1)27-17-28-20-10-2-6-14-24(20)33-37-34-26-16-8-4-12-22(26)30-18-29-21-11-3-7-15-25(21)32-36-31(23)38(27)35(39(28)33,40(29)32)41(30)34/h1-18H/q+2. The molecule has 1 unspecified atom stereocenters. The van der Waals surface area contributed by atoms with Gasteiger partial charge in [-0.3, -0.25) is 0 Å². The van der Waals surface area contributed by atoms with Gasteiger partial charge in [-0.1, -0.05) is 60.7 Å². The van der Waals surface area contributed by atoms with E-state index in [2.05, 4.69) is 127 Å². The van der Waals surface area contributed by atoms with Crippen LogP contribution in [0.15, 0.2) is 107 Å². The molecule has 186 valence electrons. The Hall–Kier alpha value is -5.62. The maximum Gasteiger partial charge on any atom is 0.441 e. The van der Waals surface area contributed by atoms with Gasteiger partial charge in [-0.15, -0.1) is 9.15 Å². The van der Waals surface area contributed by atoms with Gasteiger partial charge < -0.3 is 0 Å². The van der Waals surface area contributed by atoms with Gasteiger partial charge in [0.2, 0.25) is 0 Å². The Morgan fingerprint density at radius 2 is 1.24 bits per heavy atom. The molecule has 8 heterocycles. The van der Waals surface area contributed by atoms with Crippen LogP contribution in [0.5, 0.6) is 0 Å². The first-order chi connectivity index (χ1) is 20.4. The zero-order chi connectivity index (χ0) is 26.2. The smallest absolute Gasteiger partial charge is 0.203 e. The lowest BCUT2D eigenvalue weighted by Gasteiger charge is -2.40. The maximum atomic E-state index is 5.50. The Morgan fingerprint density at radius 3 is 2.10 bits per heavy atom. The molecule has 6 aromatic rings. The molecule has 0 bridgehead atoms. The molecule has 12 rings (SSSR count). The molecule has 0 fully saturated rings. The summed E-state index contributed by atoms with van der Waals surface area (Å²) in [6.45, 7) is 0. The van der Waals surface area contributed by atoms with Crippen LogP contribution >= 0.6 is 0 Å². The third kappa shape index (κ3) is 1.78. The maximum absolute atomic E-state index is 5.50. The van der Waals surface area contributed by atoms with E-state index in [9.17, 15) is 0 Å². The molecule has 0 saturated carbocycles. The van der Waals surface area contributed by atoms with Gasteiger partial charge in [-0.05, 0) is 46.4 Å². The molecule has 1 atom stereocenters. The Kier molecular flexibility index (Phi) is 2.81. The third-order valence-electron chi connectivity index (χ3n) is 9.76. The van der Waals surface area contributed by atoms with Crippen molar-refractivity contribution in [3.8, 4) is 0 Å². The Balaban J connectivity index is 1.45. The Labute approximate surface area is 232 Å². The van der Waals surface area contributed by atoms with E-state index in [4.69, 9.17) is 9.98 Å². The minimum Gasteiger partial charge on any atom is -0.203 e. The molecule has 0 amide bonds. The Morgan fingerprint density at radius 1 is 0.561 bits per heavy atom. The van der Waals surface area contributed by atoms with Crippen molar-refractivity contribution in [3.05, 3.63) is 136 Å². The topological polar surface area (TPSA) is 40.6 Å². The highest BCUT2D eigenvalue weighted by atomic mass is 15.7. The predicted molar refractivity (Wildman–Crippen MR) is 158 cm³/mol. The van der Waals surface area contributed by atoms with E-state index in [1.807, 2.05) is 0 Å². The summed E-state index contributed by atoms with van der Waals surface area (Å²) in [5, 5.41) is 5.94. The van der Waals surface area contributed by atoms with E-state index in [0.717, 1.165) is 23.0 Å². The molecular weight excluding hydrogens is 504 g/mol. The van der Waals surface area contributed by atoms with Crippen molar-refractivity contribution in [3.63, 3.8) is 0 Å². The first kappa shape index (κ1) is 19.4. The summed E-state index contributed by atoms with van der Waals surface area (Å²) in [5.74, 6) is 2.17. The summed E-state index contributed by atoms with van der Waals surface area (Å²) < 4.78 is 9.93. The van der Waals surface area contributed by atoms with Gasteiger partial charge in [0, 0.05) is 34.1 Å². The van der Waals surface area contributed by atoms with Crippen molar-refractivity contribution >= 4 is 62.6 Å². The van der Waals surface area contributed by atoms with Crippen LogP contribution in [0.1, 0.15) is 27.9 Å². The van der Waals surface area contributed by atoms with Crippen LogP contribution in [-0.4, -0.2) is 35.7 Å². The molecule has 0 saturated heterocycles. The zero-order valence-corrected chi connectivity index (χ0v) is 21.6. The minimum atomic E-state index is -0.798. The molecule has 6 nitrogen and oxygen atoms in total. The first-order valence-electron chi connectivity index (χ1n) is 14.0. The van der Waals surface area contributed by atoms with Crippen molar-refractivity contribution < 1.29 is 9.15 Å². The lowest BCUT2D eigenvalue weighted by molar-refractivity contribution is -0.798. The van der Waals surface area contributed by atoms with Crippen molar-refractivity contribution in [2.24, 2.45) is 9.98 Å². The van der Waals surface area contributed by atoms with Crippen LogP contribution in [0.2, 0.25) is 0 Å². The average Bonchev–Trinajstić information content (AvgIpc) is 3.74. The zero-order valence-electron chi connectivity index (χ0n) is 21.6. The number of aliphatic imine (C=N–C) groups is 1. The number of aromatic nitrogens is 2. The van der Waals surface area contributed by atoms with Gasteiger partial charge in [-0.25, -0.2) is 9.13 Å². The third-order valence-corrected chi connectivity index (χ3v) is 9.76. The second-order valence-corrected chi connectivity index (χ2v) is 11.5. The predicted octanol–water partition coefficient (Wildman–Crippen LogP) is 4.33. The van der Waals surface area contributed by atoms with E-state index < -0.39 is 5.91 Å². The highest BCUT2D eigenvalue weighted by Crippen LogP contribution is 2.52. The van der Waals surface area contributed by atoms with Crippen LogP contribution in [0.3, 0.4) is 0 Å². The molecule has 4 aromatic carbocycles. The summed E-state index contributed by atoms with van der Waals surface area (Å²) in [6.07, 6.45) is 4.71.